The smallest absolute Gasteiger partial charge is 0.425 e. The first-order chi connectivity index (χ1) is 28.3. The summed E-state index contributed by atoms with van der Waals surface area (Å²) < 4.78 is 68.2. The van der Waals surface area contributed by atoms with Crippen molar-refractivity contribution in [1.82, 2.24) is 0 Å². The van der Waals surface area contributed by atoms with E-state index < -0.39 is 20.7 Å². The van der Waals surface area contributed by atoms with E-state index in [-0.39, 0.29) is 4.90 Å². The van der Waals surface area contributed by atoms with Crippen LogP contribution in [0.15, 0.2) is 156 Å². The first-order valence-electron chi connectivity index (χ1n) is 19.3. The van der Waals surface area contributed by atoms with E-state index >= 15 is 0 Å². The molecule has 0 saturated carbocycles. The minimum absolute atomic E-state index is 0.212. The SMILES string of the molecule is CCOc1ccc(Nc2ccc(/C(=C3\C=CC(=[N+](CC)Cc4cccc(S(=O)(=O)[O-])c4)C=C3C)c3ccc(N(CC)Cc4ccccc4)cc3C)cc2)cc1.O=S(=O)=O. The summed E-state index contributed by atoms with van der Waals surface area (Å²) in [6, 6.07) is 40.2. The van der Waals surface area contributed by atoms with Crippen molar-refractivity contribution < 1.29 is 34.9 Å². The van der Waals surface area contributed by atoms with Crippen LogP contribution in [0.2, 0.25) is 0 Å². The topological polar surface area (TPSA) is 136 Å². The summed E-state index contributed by atoms with van der Waals surface area (Å²) in [4.78, 5) is 2.19. The van der Waals surface area contributed by atoms with Crippen molar-refractivity contribution in [2.75, 3.05) is 29.9 Å². The van der Waals surface area contributed by atoms with Crippen molar-refractivity contribution in [2.24, 2.45) is 0 Å². The molecular formula is C47H49N3O7S2. The molecule has 0 heterocycles. The van der Waals surface area contributed by atoms with Gasteiger partial charge in [0.2, 0.25) is 0 Å². The molecule has 0 bridgehead atoms. The van der Waals surface area contributed by atoms with E-state index in [4.69, 9.17) is 17.4 Å². The molecule has 0 spiro atoms. The number of rotatable bonds is 14. The highest BCUT2D eigenvalue weighted by Gasteiger charge is 2.21. The van der Waals surface area contributed by atoms with E-state index in [0.29, 0.717) is 19.7 Å². The zero-order valence-electron chi connectivity index (χ0n) is 33.9. The van der Waals surface area contributed by atoms with Crippen LogP contribution in [-0.2, 0) is 33.8 Å². The molecule has 10 nitrogen and oxygen atoms in total. The van der Waals surface area contributed by atoms with Crippen LogP contribution in [0.25, 0.3) is 5.57 Å². The first kappa shape index (κ1) is 44.0. The average Bonchev–Trinajstić information content (AvgIpc) is 3.21. The van der Waals surface area contributed by atoms with Gasteiger partial charge in [-0.2, -0.15) is 0 Å². The zero-order valence-corrected chi connectivity index (χ0v) is 35.5. The Labute approximate surface area is 349 Å². The molecule has 5 aromatic carbocycles. The second-order valence-corrected chi connectivity index (χ2v) is 15.6. The summed E-state index contributed by atoms with van der Waals surface area (Å²) in [6.07, 6.45) is 6.51. The molecule has 0 saturated heterocycles. The Morgan fingerprint density at radius 2 is 1.42 bits per heavy atom. The van der Waals surface area contributed by atoms with E-state index in [1.807, 2.05) is 37.3 Å². The summed E-state index contributed by atoms with van der Waals surface area (Å²) in [5.74, 6) is 0.846. The van der Waals surface area contributed by atoms with Gasteiger partial charge in [-0.15, -0.1) is 12.6 Å². The van der Waals surface area contributed by atoms with Crippen LogP contribution in [0.1, 0.15) is 55.5 Å². The molecule has 59 heavy (non-hydrogen) atoms. The van der Waals surface area contributed by atoms with E-state index in [1.54, 1.807) is 6.07 Å². The summed E-state index contributed by atoms with van der Waals surface area (Å²) in [5.41, 5.74) is 13.0. The summed E-state index contributed by atoms with van der Waals surface area (Å²) in [5, 5.41) is 3.52. The highest BCUT2D eigenvalue weighted by Crippen LogP contribution is 2.37. The maximum absolute atomic E-state index is 11.7. The fourth-order valence-corrected chi connectivity index (χ4v) is 7.53. The van der Waals surface area contributed by atoms with Crippen LogP contribution in [0.5, 0.6) is 5.75 Å². The number of aryl methyl sites for hydroxylation is 1. The Morgan fingerprint density at radius 3 is 2.00 bits per heavy atom. The molecule has 1 aliphatic carbocycles. The van der Waals surface area contributed by atoms with Gasteiger partial charge < -0.3 is 19.5 Å². The Hall–Kier alpha value is -6.08. The fraction of sp³-hybridized carbons (Fsp3) is 0.213. The highest BCUT2D eigenvalue weighted by molar-refractivity contribution is 7.85. The van der Waals surface area contributed by atoms with Gasteiger partial charge in [-0.05, 0) is 140 Å². The molecule has 12 heteroatoms. The number of anilines is 3. The summed E-state index contributed by atoms with van der Waals surface area (Å²) in [7, 11) is -7.65. The normalized spacial score (nSPS) is 14.0. The van der Waals surface area contributed by atoms with Crippen molar-refractivity contribution >= 4 is 49.1 Å². The third-order valence-corrected chi connectivity index (χ3v) is 10.7. The predicted molar refractivity (Wildman–Crippen MR) is 234 cm³/mol. The second-order valence-electron chi connectivity index (χ2n) is 13.9. The maximum atomic E-state index is 11.7. The van der Waals surface area contributed by atoms with E-state index in [0.717, 1.165) is 69.3 Å². The Kier molecular flexibility index (Phi) is 15.3. The van der Waals surface area contributed by atoms with Crippen LogP contribution < -0.4 is 15.0 Å². The van der Waals surface area contributed by atoms with Gasteiger partial charge in [-0.1, -0.05) is 60.7 Å². The second kappa shape index (κ2) is 20.6. The minimum atomic E-state index is -4.54. The van der Waals surface area contributed by atoms with Crippen molar-refractivity contribution in [3.05, 3.63) is 179 Å². The number of allylic oxidation sites excluding steroid dienone is 5. The van der Waals surface area contributed by atoms with Crippen molar-refractivity contribution in [3.8, 4) is 5.75 Å². The van der Waals surface area contributed by atoms with Crippen molar-refractivity contribution in [1.29, 1.82) is 0 Å². The molecule has 306 valence electrons. The van der Waals surface area contributed by atoms with Gasteiger partial charge in [0.05, 0.1) is 11.5 Å². The predicted octanol–water partition coefficient (Wildman–Crippen LogP) is 9.06. The van der Waals surface area contributed by atoms with Gasteiger partial charge >= 0.3 is 10.6 Å². The lowest BCUT2D eigenvalue weighted by Crippen LogP contribution is -2.22. The highest BCUT2D eigenvalue weighted by atomic mass is 32.2. The van der Waals surface area contributed by atoms with Crippen LogP contribution in [-0.4, -0.2) is 55.6 Å². The van der Waals surface area contributed by atoms with Gasteiger partial charge in [-0.25, -0.2) is 13.0 Å². The Bertz CT molecular complexity index is 2590. The number of benzene rings is 5. The van der Waals surface area contributed by atoms with Crippen LogP contribution in [0.3, 0.4) is 0 Å². The third-order valence-electron chi connectivity index (χ3n) is 9.86. The first-order valence-corrected chi connectivity index (χ1v) is 21.7. The lowest BCUT2D eigenvalue weighted by Gasteiger charge is -2.25. The van der Waals surface area contributed by atoms with Gasteiger partial charge in [0.1, 0.15) is 22.4 Å². The van der Waals surface area contributed by atoms with Crippen LogP contribution in [0.4, 0.5) is 17.1 Å². The van der Waals surface area contributed by atoms with E-state index in [9.17, 15) is 13.0 Å². The molecule has 0 aromatic heterocycles. The number of nitrogens with one attached hydrogen (secondary N) is 1. The number of hydrogen-bond acceptors (Lipinski definition) is 9. The molecule has 0 amide bonds. The van der Waals surface area contributed by atoms with Crippen molar-refractivity contribution in [2.45, 2.75) is 52.6 Å². The summed E-state index contributed by atoms with van der Waals surface area (Å²) in [6.45, 7) is 14.1. The van der Waals surface area contributed by atoms with Gasteiger partial charge in [0, 0.05) is 47.9 Å². The van der Waals surface area contributed by atoms with Crippen LogP contribution >= 0.6 is 0 Å². The molecule has 1 aliphatic rings. The largest absolute Gasteiger partial charge is 0.744 e. The zero-order chi connectivity index (χ0) is 42.5. The molecule has 5 aromatic rings. The third kappa shape index (κ3) is 12.2. The molecule has 0 aliphatic heterocycles. The van der Waals surface area contributed by atoms with E-state index in [2.05, 4.69) is 134 Å². The van der Waals surface area contributed by atoms with Crippen LogP contribution in [0, 0.1) is 6.92 Å². The number of nitrogens with zero attached hydrogens (tertiary/aromatic N) is 2. The number of hydrogen-bond donors (Lipinski definition) is 1. The van der Waals surface area contributed by atoms with Gasteiger partial charge in [0.15, 0.2) is 12.3 Å². The standard InChI is InChI=1S/C47H49N3O4S.O3S/c1-6-49(32-36-13-10-9-11-14-36)41-23-27-45(34(4)29-41)47(38-17-19-39(20-18-38)48-40-21-25-43(26-22-40)54-8-3)46-28-24-42(30-35(46)5)50(7-2)33-37-15-12-16-44(31-37)55(51,52)53;1-4(2)3/h9-31H,6-8,32-33H2,1-5H3,(H,51,52,53);. The summed E-state index contributed by atoms with van der Waals surface area (Å²) >= 11 is 0. The lowest BCUT2D eigenvalue weighted by atomic mass is 9.85. The van der Waals surface area contributed by atoms with E-state index in [1.165, 1.54) is 28.9 Å². The molecule has 0 unspecified atom stereocenters. The molecular weight excluding hydrogens is 783 g/mol. The molecule has 0 fully saturated rings. The average molecular weight is 832 g/mol. The Morgan fingerprint density at radius 1 is 0.780 bits per heavy atom. The minimum Gasteiger partial charge on any atom is -0.744 e. The fourth-order valence-electron chi connectivity index (χ4n) is 6.99. The quantitative estimate of drug-likeness (QED) is 0.0859. The maximum Gasteiger partial charge on any atom is 0.425 e. The molecule has 1 N–H and O–H groups in total. The molecule has 0 atom stereocenters. The lowest BCUT2D eigenvalue weighted by molar-refractivity contribution is -0.539. The molecule has 0 radical (unpaired) electrons. The number of ether oxygens (including phenoxy) is 1. The Balaban J connectivity index is 0.00000158. The monoisotopic (exact) mass is 831 g/mol. The van der Waals surface area contributed by atoms with Gasteiger partial charge in [-0.3, -0.25) is 0 Å². The molecule has 6 rings (SSSR count). The van der Waals surface area contributed by atoms with Gasteiger partial charge in [0.25, 0.3) is 0 Å². The van der Waals surface area contributed by atoms with Crippen molar-refractivity contribution in [3.63, 3.8) is 0 Å².